The van der Waals surface area contributed by atoms with Gasteiger partial charge in [-0.2, -0.15) is 0 Å². The highest BCUT2D eigenvalue weighted by atomic mass is 16.5. The molecule has 0 saturated carbocycles. The molecule has 1 atom stereocenters. The lowest BCUT2D eigenvalue weighted by Crippen LogP contribution is -2.52. The number of carboxylic acid groups (broad SMARTS) is 1. The Labute approximate surface area is 102 Å². The molecule has 1 fully saturated rings. The van der Waals surface area contributed by atoms with Gasteiger partial charge in [0.25, 0.3) is 0 Å². The molecule has 1 unspecified atom stereocenters. The molecule has 0 aromatic heterocycles. The van der Waals surface area contributed by atoms with E-state index in [4.69, 9.17) is 14.6 Å². The number of morpholine rings is 1. The van der Waals surface area contributed by atoms with Crippen LogP contribution in [-0.4, -0.2) is 49.1 Å². The Hall–Kier alpha value is -0.650. The maximum atomic E-state index is 10.9. The molecule has 100 valence electrons. The van der Waals surface area contributed by atoms with E-state index in [1.54, 1.807) is 13.8 Å². The van der Waals surface area contributed by atoms with Crippen molar-refractivity contribution in [1.82, 2.24) is 5.32 Å². The van der Waals surface area contributed by atoms with Gasteiger partial charge in [-0.05, 0) is 27.7 Å². The van der Waals surface area contributed by atoms with Crippen LogP contribution in [0.1, 0.15) is 27.7 Å². The summed E-state index contributed by atoms with van der Waals surface area (Å²) in [6.07, 6.45) is -0.0108. The summed E-state index contributed by atoms with van der Waals surface area (Å²) in [6.45, 7) is 9.54. The number of carbonyl (C=O) groups is 1. The van der Waals surface area contributed by atoms with Crippen molar-refractivity contribution < 1.29 is 19.4 Å². The van der Waals surface area contributed by atoms with E-state index in [1.807, 2.05) is 13.8 Å². The summed E-state index contributed by atoms with van der Waals surface area (Å²) in [5.74, 6) is -0.847. The standard InChI is InChI=1S/C12H23NO4/c1-11(2,10(14)15)8-16-6-9-5-13-7-12(3,4)17-9/h9,13H,5-8H2,1-4H3,(H,14,15). The van der Waals surface area contributed by atoms with E-state index in [0.717, 1.165) is 13.1 Å². The van der Waals surface area contributed by atoms with Crippen molar-refractivity contribution in [2.75, 3.05) is 26.3 Å². The second-order valence-corrected chi connectivity index (χ2v) is 5.83. The molecule has 1 saturated heterocycles. The van der Waals surface area contributed by atoms with Gasteiger partial charge in [-0.15, -0.1) is 0 Å². The Bertz CT molecular complexity index is 276. The van der Waals surface area contributed by atoms with Gasteiger partial charge in [-0.1, -0.05) is 0 Å². The van der Waals surface area contributed by atoms with Crippen molar-refractivity contribution >= 4 is 5.97 Å². The van der Waals surface area contributed by atoms with Gasteiger partial charge in [0.2, 0.25) is 0 Å². The number of ether oxygens (including phenoxy) is 2. The smallest absolute Gasteiger partial charge is 0.311 e. The van der Waals surface area contributed by atoms with E-state index in [9.17, 15) is 4.79 Å². The molecule has 5 heteroatoms. The van der Waals surface area contributed by atoms with Crippen LogP contribution >= 0.6 is 0 Å². The minimum atomic E-state index is -0.850. The average Bonchev–Trinajstić information content (AvgIpc) is 2.15. The van der Waals surface area contributed by atoms with Crippen molar-refractivity contribution in [3.63, 3.8) is 0 Å². The quantitative estimate of drug-likeness (QED) is 0.752. The fourth-order valence-corrected chi connectivity index (χ4v) is 1.67. The minimum Gasteiger partial charge on any atom is -0.481 e. The summed E-state index contributed by atoms with van der Waals surface area (Å²) in [5.41, 5.74) is -1.04. The van der Waals surface area contributed by atoms with Crippen LogP contribution in [0.4, 0.5) is 0 Å². The predicted octanol–water partition coefficient (Wildman–Crippen LogP) is 0.881. The van der Waals surface area contributed by atoms with E-state index < -0.39 is 11.4 Å². The first-order valence-electron chi connectivity index (χ1n) is 5.93. The van der Waals surface area contributed by atoms with Crippen LogP contribution in [0, 0.1) is 5.41 Å². The number of carboxylic acids is 1. The van der Waals surface area contributed by atoms with E-state index in [1.165, 1.54) is 0 Å². The first-order valence-corrected chi connectivity index (χ1v) is 5.93. The van der Waals surface area contributed by atoms with Crippen molar-refractivity contribution in [1.29, 1.82) is 0 Å². The van der Waals surface area contributed by atoms with Gasteiger partial charge in [0.15, 0.2) is 0 Å². The number of hydrogen-bond donors (Lipinski definition) is 2. The van der Waals surface area contributed by atoms with Gasteiger partial charge in [0.05, 0.1) is 30.3 Å². The lowest BCUT2D eigenvalue weighted by atomic mass is 9.95. The third-order valence-electron chi connectivity index (χ3n) is 2.75. The van der Waals surface area contributed by atoms with Crippen molar-refractivity contribution in [3.05, 3.63) is 0 Å². The van der Waals surface area contributed by atoms with Crippen LogP contribution in [0.3, 0.4) is 0 Å². The summed E-state index contributed by atoms with van der Waals surface area (Å²) < 4.78 is 11.3. The molecular formula is C12H23NO4. The second-order valence-electron chi connectivity index (χ2n) is 5.83. The molecular weight excluding hydrogens is 222 g/mol. The highest BCUT2D eigenvalue weighted by Crippen LogP contribution is 2.18. The highest BCUT2D eigenvalue weighted by Gasteiger charge is 2.30. The largest absolute Gasteiger partial charge is 0.481 e. The molecule has 1 rings (SSSR count). The van der Waals surface area contributed by atoms with Gasteiger partial charge in [-0.3, -0.25) is 4.79 Å². The van der Waals surface area contributed by atoms with Crippen LogP contribution in [0.25, 0.3) is 0 Å². The number of nitrogens with one attached hydrogen (secondary N) is 1. The molecule has 17 heavy (non-hydrogen) atoms. The maximum absolute atomic E-state index is 10.9. The lowest BCUT2D eigenvalue weighted by Gasteiger charge is -2.36. The van der Waals surface area contributed by atoms with Crippen molar-refractivity contribution in [2.45, 2.75) is 39.4 Å². The molecule has 1 aliphatic rings. The second kappa shape index (κ2) is 5.33. The summed E-state index contributed by atoms with van der Waals surface area (Å²) in [4.78, 5) is 10.9. The molecule has 0 aliphatic carbocycles. The summed E-state index contributed by atoms with van der Waals surface area (Å²) in [6, 6.07) is 0. The van der Waals surface area contributed by atoms with E-state index >= 15 is 0 Å². The molecule has 5 nitrogen and oxygen atoms in total. The third-order valence-corrected chi connectivity index (χ3v) is 2.75. The van der Waals surface area contributed by atoms with E-state index in [-0.39, 0.29) is 18.3 Å². The summed E-state index contributed by atoms with van der Waals surface area (Å²) >= 11 is 0. The predicted molar refractivity (Wildman–Crippen MR) is 64.1 cm³/mol. The topological polar surface area (TPSA) is 67.8 Å². The first-order chi connectivity index (χ1) is 7.73. The SMILES string of the molecule is CC1(C)CNCC(COCC(C)(C)C(=O)O)O1. The zero-order valence-electron chi connectivity index (χ0n) is 11.1. The number of rotatable bonds is 5. The zero-order chi connectivity index (χ0) is 13.1. The van der Waals surface area contributed by atoms with Crippen molar-refractivity contribution in [3.8, 4) is 0 Å². The molecule has 2 N–H and O–H groups in total. The van der Waals surface area contributed by atoms with E-state index in [2.05, 4.69) is 5.32 Å². The van der Waals surface area contributed by atoms with Crippen LogP contribution in [0.15, 0.2) is 0 Å². The van der Waals surface area contributed by atoms with Gasteiger partial charge >= 0.3 is 5.97 Å². The molecule has 0 radical (unpaired) electrons. The summed E-state index contributed by atoms with van der Waals surface area (Å²) in [7, 11) is 0. The fourth-order valence-electron chi connectivity index (χ4n) is 1.67. The van der Waals surface area contributed by atoms with Gasteiger partial charge < -0.3 is 19.9 Å². The van der Waals surface area contributed by atoms with Crippen LogP contribution in [0.2, 0.25) is 0 Å². The molecule has 0 spiro atoms. The van der Waals surface area contributed by atoms with Crippen molar-refractivity contribution in [2.24, 2.45) is 5.41 Å². The Morgan fingerprint density at radius 1 is 1.59 bits per heavy atom. The molecule has 0 amide bonds. The fraction of sp³-hybridized carbons (Fsp3) is 0.917. The molecule has 1 aliphatic heterocycles. The maximum Gasteiger partial charge on any atom is 0.311 e. The number of hydrogen-bond acceptors (Lipinski definition) is 4. The zero-order valence-corrected chi connectivity index (χ0v) is 11.1. The van der Waals surface area contributed by atoms with E-state index in [0.29, 0.717) is 6.61 Å². The summed E-state index contributed by atoms with van der Waals surface area (Å²) in [5, 5.41) is 12.2. The Morgan fingerprint density at radius 2 is 2.24 bits per heavy atom. The van der Waals surface area contributed by atoms with Crippen LogP contribution in [-0.2, 0) is 14.3 Å². The van der Waals surface area contributed by atoms with Gasteiger partial charge in [0, 0.05) is 13.1 Å². The Morgan fingerprint density at radius 3 is 2.76 bits per heavy atom. The monoisotopic (exact) mass is 245 g/mol. The molecule has 1 heterocycles. The van der Waals surface area contributed by atoms with Gasteiger partial charge in [-0.25, -0.2) is 0 Å². The molecule has 0 aromatic carbocycles. The molecule has 0 bridgehead atoms. The minimum absolute atomic E-state index is 0.0108. The van der Waals surface area contributed by atoms with Crippen LogP contribution in [0.5, 0.6) is 0 Å². The number of aliphatic carboxylic acids is 1. The van der Waals surface area contributed by atoms with Gasteiger partial charge in [0.1, 0.15) is 0 Å². The van der Waals surface area contributed by atoms with Crippen LogP contribution < -0.4 is 5.32 Å². The Kier molecular flexibility index (Phi) is 4.52. The average molecular weight is 245 g/mol. The third kappa shape index (κ3) is 4.61. The lowest BCUT2D eigenvalue weighted by molar-refractivity contribution is -0.154. The Balaban J connectivity index is 2.30. The normalized spacial score (nSPS) is 24.6. The highest BCUT2D eigenvalue weighted by molar-refractivity contribution is 5.73. The first kappa shape index (κ1) is 14.4. The molecule has 0 aromatic rings.